The molecule has 6 rings (SSSR count). The highest BCUT2D eigenvalue weighted by Gasteiger charge is 2.52. The fourth-order valence-corrected chi connectivity index (χ4v) is 6.64. The van der Waals surface area contributed by atoms with Crippen LogP contribution in [0.5, 0.6) is 0 Å². The van der Waals surface area contributed by atoms with Crippen LogP contribution < -0.4 is 20.4 Å². The average Bonchev–Trinajstić information content (AvgIpc) is 3.43. The van der Waals surface area contributed by atoms with Crippen molar-refractivity contribution in [3.05, 3.63) is 100 Å². The highest BCUT2D eigenvalue weighted by atomic mass is 35.5. The van der Waals surface area contributed by atoms with Gasteiger partial charge in [0.15, 0.2) is 0 Å². The Bertz CT molecular complexity index is 1880. The zero-order chi connectivity index (χ0) is 34.4. The summed E-state index contributed by atoms with van der Waals surface area (Å²) >= 11 is 6.50. The number of rotatable bonds is 6. The Balaban J connectivity index is 1.61. The first kappa shape index (κ1) is 32.8. The van der Waals surface area contributed by atoms with Gasteiger partial charge in [-0.25, -0.2) is 22.6 Å². The summed E-state index contributed by atoms with van der Waals surface area (Å²) < 4.78 is 97.7. The van der Waals surface area contributed by atoms with E-state index in [4.69, 9.17) is 19.4 Å². The number of aliphatic hydroxyl groups is 1. The molecule has 15 heteroatoms. The summed E-state index contributed by atoms with van der Waals surface area (Å²) in [5.41, 5.74) is -3.40. The normalized spacial score (nSPS) is 21.3. The third-order valence-corrected chi connectivity index (χ3v) is 8.46. The average molecular weight is 676 g/mol. The SMILES string of the molecule is [B]C1(O)CC(C)(C)N=C2N(CC(F)F)c3cc(NC(=C)c4cc(F)cc(C(F)(F)F)c4)c4c(c3N21)C(=C)NC4c1cc(F)ccc1Cl. The standard InChI is InChI=1S/C32H26BClF7N5O/c1-14(16-7-17(32(39,40)41)9-19(36)8-16)42-22-11-23-28(25-15(2)43-27(26(22)25)20-10-18(35)5-6-21(20)34)46-29(45(23)12-24(37)38)44-30(3,4)13-31(46,33)47/h5-11,24,27,42-43,47H,1-2,12-13H2,3-4H3. The number of benzene rings is 3. The number of guanidine groups is 1. The first-order valence-corrected chi connectivity index (χ1v) is 14.6. The summed E-state index contributed by atoms with van der Waals surface area (Å²) in [5, 5.41) is 17.8. The minimum atomic E-state index is -4.86. The Kier molecular flexibility index (Phi) is 7.63. The Hall–Kier alpha value is -4.17. The third-order valence-electron chi connectivity index (χ3n) is 8.12. The molecule has 0 spiro atoms. The number of fused-ring (bicyclic) bond motifs is 5. The van der Waals surface area contributed by atoms with E-state index in [9.17, 15) is 35.8 Å². The van der Waals surface area contributed by atoms with Gasteiger partial charge in [0.25, 0.3) is 6.43 Å². The molecule has 0 saturated carbocycles. The second-order valence-electron chi connectivity index (χ2n) is 12.2. The quantitative estimate of drug-likeness (QED) is 0.185. The molecule has 3 aromatic carbocycles. The molecule has 3 heterocycles. The monoisotopic (exact) mass is 675 g/mol. The van der Waals surface area contributed by atoms with E-state index in [1.165, 1.54) is 28.0 Å². The van der Waals surface area contributed by atoms with E-state index in [1.807, 2.05) is 0 Å². The summed E-state index contributed by atoms with van der Waals surface area (Å²) in [7, 11) is 6.44. The van der Waals surface area contributed by atoms with Crippen molar-refractivity contribution in [2.75, 3.05) is 21.7 Å². The number of aliphatic imine (C=N–C) groups is 1. The number of hydrogen-bond donors (Lipinski definition) is 3. The van der Waals surface area contributed by atoms with E-state index < -0.39 is 53.5 Å². The largest absolute Gasteiger partial charge is 0.416 e. The second-order valence-corrected chi connectivity index (χ2v) is 12.7. The van der Waals surface area contributed by atoms with Gasteiger partial charge in [0.1, 0.15) is 25.1 Å². The van der Waals surface area contributed by atoms with Gasteiger partial charge in [-0.1, -0.05) is 24.8 Å². The van der Waals surface area contributed by atoms with Crippen molar-refractivity contribution in [1.29, 1.82) is 0 Å². The molecule has 0 saturated heterocycles. The maximum Gasteiger partial charge on any atom is 0.416 e. The molecular weight excluding hydrogens is 650 g/mol. The summed E-state index contributed by atoms with van der Waals surface area (Å²) in [6.45, 7) is 10.4. The molecular formula is C32H26BClF7N5O. The molecule has 2 unspecified atom stereocenters. The van der Waals surface area contributed by atoms with Crippen LogP contribution in [0.3, 0.4) is 0 Å². The summed E-state index contributed by atoms with van der Waals surface area (Å²) in [6.07, 6.45) is -7.84. The van der Waals surface area contributed by atoms with Crippen molar-refractivity contribution >= 4 is 53.9 Å². The Morgan fingerprint density at radius 2 is 1.87 bits per heavy atom. The lowest BCUT2D eigenvalue weighted by Gasteiger charge is -2.45. The number of anilines is 3. The first-order valence-electron chi connectivity index (χ1n) is 14.2. The van der Waals surface area contributed by atoms with Gasteiger partial charge in [0.05, 0.1) is 35.1 Å². The molecule has 2 atom stereocenters. The lowest BCUT2D eigenvalue weighted by Crippen LogP contribution is -2.61. The van der Waals surface area contributed by atoms with E-state index in [-0.39, 0.29) is 62.5 Å². The van der Waals surface area contributed by atoms with Gasteiger partial charge in [-0.3, -0.25) is 4.90 Å². The first-order chi connectivity index (χ1) is 21.8. The maximum atomic E-state index is 14.5. The van der Waals surface area contributed by atoms with Crippen LogP contribution in [-0.2, 0) is 6.18 Å². The molecule has 0 aromatic heterocycles. The van der Waals surface area contributed by atoms with Crippen LogP contribution in [0.1, 0.15) is 54.1 Å². The molecule has 3 aliphatic rings. The molecule has 6 nitrogen and oxygen atoms in total. The summed E-state index contributed by atoms with van der Waals surface area (Å²) in [5.74, 6) is -1.86. The second kappa shape index (κ2) is 10.9. The number of hydrogen-bond acceptors (Lipinski definition) is 6. The van der Waals surface area contributed by atoms with Crippen LogP contribution in [0.25, 0.3) is 11.4 Å². The molecule has 47 heavy (non-hydrogen) atoms. The van der Waals surface area contributed by atoms with E-state index in [0.29, 0.717) is 17.7 Å². The Labute approximate surface area is 271 Å². The molecule has 0 bridgehead atoms. The van der Waals surface area contributed by atoms with Gasteiger partial charge in [0.2, 0.25) is 5.96 Å². The molecule has 244 valence electrons. The van der Waals surface area contributed by atoms with E-state index >= 15 is 0 Å². The predicted octanol–water partition coefficient (Wildman–Crippen LogP) is 7.63. The zero-order valence-electron chi connectivity index (χ0n) is 24.9. The Morgan fingerprint density at radius 3 is 2.53 bits per heavy atom. The number of nitrogens with zero attached hydrogens (tertiary/aromatic N) is 3. The molecule has 3 aliphatic heterocycles. The third kappa shape index (κ3) is 5.71. The Morgan fingerprint density at radius 1 is 1.17 bits per heavy atom. The van der Waals surface area contributed by atoms with Gasteiger partial charge in [-0.2, -0.15) is 13.2 Å². The molecule has 0 amide bonds. The van der Waals surface area contributed by atoms with E-state index in [0.717, 1.165) is 12.1 Å². The maximum absolute atomic E-state index is 14.5. The van der Waals surface area contributed by atoms with Crippen molar-refractivity contribution in [3.63, 3.8) is 0 Å². The molecule has 3 N–H and O–H groups in total. The molecule has 2 radical (unpaired) electrons. The van der Waals surface area contributed by atoms with Gasteiger partial charge >= 0.3 is 6.18 Å². The van der Waals surface area contributed by atoms with Crippen molar-refractivity contribution in [2.24, 2.45) is 4.99 Å². The van der Waals surface area contributed by atoms with E-state index in [1.54, 1.807) is 13.8 Å². The lowest BCUT2D eigenvalue weighted by atomic mass is 9.77. The molecule has 3 aromatic rings. The number of alkyl halides is 5. The fourth-order valence-electron chi connectivity index (χ4n) is 6.41. The van der Waals surface area contributed by atoms with Crippen LogP contribution in [0.15, 0.2) is 60.6 Å². The number of nitrogens with one attached hydrogen (secondary N) is 2. The van der Waals surface area contributed by atoms with Crippen LogP contribution in [0, 0.1) is 11.6 Å². The minimum absolute atomic E-state index is 0.0697. The molecule has 0 fully saturated rings. The number of halogens is 8. The van der Waals surface area contributed by atoms with Crippen LogP contribution in [0.2, 0.25) is 5.02 Å². The summed E-state index contributed by atoms with van der Waals surface area (Å²) in [4.78, 5) is 7.05. The minimum Gasteiger partial charge on any atom is -0.380 e. The van der Waals surface area contributed by atoms with Crippen molar-refractivity contribution in [3.8, 4) is 0 Å². The van der Waals surface area contributed by atoms with Gasteiger partial charge in [-0.05, 0) is 56.3 Å². The predicted molar refractivity (Wildman–Crippen MR) is 169 cm³/mol. The van der Waals surface area contributed by atoms with Crippen molar-refractivity contribution in [1.82, 2.24) is 5.32 Å². The smallest absolute Gasteiger partial charge is 0.380 e. The van der Waals surface area contributed by atoms with E-state index in [2.05, 4.69) is 28.8 Å². The lowest BCUT2D eigenvalue weighted by molar-refractivity contribution is -0.137. The fraction of sp³-hybridized carbons (Fsp3) is 0.281. The van der Waals surface area contributed by atoms with Gasteiger partial charge < -0.3 is 20.6 Å². The summed E-state index contributed by atoms with van der Waals surface area (Å²) in [6, 6.07) is 6.02. The van der Waals surface area contributed by atoms with Crippen molar-refractivity contribution < 1.29 is 35.8 Å². The van der Waals surface area contributed by atoms with Gasteiger partial charge in [-0.15, -0.1) is 0 Å². The van der Waals surface area contributed by atoms with Crippen LogP contribution in [0.4, 0.5) is 47.8 Å². The van der Waals surface area contributed by atoms with Crippen LogP contribution >= 0.6 is 11.6 Å². The molecule has 0 aliphatic carbocycles. The van der Waals surface area contributed by atoms with Crippen molar-refractivity contribution in [2.45, 2.75) is 50.1 Å². The topological polar surface area (TPSA) is 63.1 Å². The zero-order valence-corrected chi connectivity index (χ0v) is 25.7. The van der Waals surface area contributed by atoms with Crippen LogP contribution in [-0.4, -0.2) is 43.0 Å². The highest BCUT2D eigenvalue weighted by Crippen LogP contribution is 2.56. The van der Waals surface area contributed by atoms with Gasteiger partial charge in [0, 0.05) is 50.8 Å². The highest BCUT2D eigenvalue weighted by molar-refractivity contribution is 6.31.